The molecule has 0 fully saturated rings. The first-order valence-electron chi connectivity index (χ1n) is 22.9. The number of fused-ring (bicyclic) bond motifs is 14. The Hall–Kier alpha value is -8.64. The van der Waals surface area contributed by atoms with Gasteiger partial charge in [-0.1, -0.05) is 127 Å². The van der Waals surface area contributed by atoms with Crippen molar-refractivity contribution in [3.05, 3.63) is 231 Å². The molecule has 0 amide bonds. The van der Waals surface area contributed by atoms with Crippen LogP contribution < -0.4 is 0 Å². The Morgan fingerprint density at radius 1 is 0.254 bits per heavy atom. The number of imidazole rings is 1. The van der Waals surface area contributed by atoms with E-state index in [9.17, 15) is 0 Å². The van der Waals surface area contributed by atoms with Crippen molar-refractivity contribution in [1.29, 1.82) is 0 Å². The summed E-state index contributed by atoms with van der Waals surface area (Å²) in [4.78, 5) is 0. The zero-order valence-electron chi connectivity index (χ0n) is 36.1. The third kappa shape index (κ3) is 5.23. The second-order valence-corrected chi connectivity index (χ2v) is 18.8. The Morgan fingerprint density at radius 2 is 0.761 bits per heavy atom. The Labute approximate surface area is 388 Å². The van der Waals surface area contributed by atoms with Crippen molar-refractivity contribution in [3.63, 3.8) is 0 Å². The molecule has 4 nitrogen and oxygen atoms in total. The highest BCUT2D eigenvalue weighted by Gasteiger charge is 2.24. The maximum Gasteiger partial charge on any atom is 0.131 e. The molecule has 5 heterocycles. The van der Waals surface area contributed by atoms with Crippen molar-refractivity contribution in [1.82, 2.24) is 18.1 Å². The van der Waals surface area contributed by atoms with Gasteiger partial charge in [0.05, 0.1) is 38.6 Å². The molecule has 0 aliphatic carbocycles. The van der Waals surface area contributed by atoms with E-state index in [0.29, 0.717) is 0 Å². The molecule has 0 saturated carbocycles. The SMILES string of the molecule is c1ccc(-n2c3ccccc3c3cc(-n4c5ccccc5c5cc(-c6ccc7c(-c8ccc9sc%10ccccc%10c9c8)c8n(-c9ccccc9)c9ccccc9n8c7c6)ccc54)ccc32)cc1. The highest BCUT2D eigenvalue weighted by molar-refractivity contribution is 7.25. The van der Waals surface area contributed by atoms with E-state index in [1.807, 2.05) is 11.3 Å². The van der Waals surface area contributed by atoms with Gasteiger partial charge in [-0.15, -0.1) is 11.3 Å². The summed E-state index contributed by atoms with van der Waals surface area (Å²) in [5.74, 6) is 0. The van der Waals surface area contributed by atoms with Crippen molar-refractivity contribution >= 4 is 103 Å². The lowest BCUT2D eigenvalue weighted by molar-refractivity contribution is 1.15. The number of thiophene rings is 1. The summed E-state index contributed by atoms with van der Waals surface area (Å²) < 4.78 is 12.4. The first-order chi connectivity index (χ1) is 33.2. The fourth-order valence-corrected chi connectivity index (χ4v) is 12.3. The number of benzene rings is 10. The van der Waals surface area contributed by atoms with Crippen molar-refractivity contribution in [3.8, 4) is 39.3 Å². The second-order valence-electron chi connectivity index (χ2n) is 17.7. The molecule has 5 aromatic heterocycles. The van der Waals surface area contributed by atoms with Crippen LogP contribution in [0.25, 0.3) is 131 Å². The maximum atomic E-state index is 2.50. The van der Waals surface area contributed by atoms with E-state index >= 15 is 0 Å². The second kappa shape index (κ2) is 13.9. The molecule has 312 valence electrons. The summed E-state index contributed by atoms with van der Waals surface area (Å²) in [6, 6.07) is 85.0. The zero-order valence-corrected chi connectivity index (χ0v) is 37.0. The molecule has 0 N–H and O–H groups in total. The normalized spacial score (nSPS) is 12.2. The molecule has 67 heavy (non-hydrogen) atoms. The van der Waals surface area contributed by atoms with Gasteiger partial charge in [-0.2, -0.15) is 0 Å². The first kappa shape index (κ1) is 36.7. The van der Waals surface area contributed by atoms with Crippen LogP contribution in [0.15, 0.2) is 231 Å². The van der Waals surface area contributed by atoms with Crippen LogP contribution in [0.2, 0.25) is 0 Å². The molecular weight excluding hydrogens is 833 g/mol. The summed E-state index contributed by atoms with van der Waals surface area (Å²) in [7, 11) is 0. The third-order valence-corrected chi connectivity index (χ3v) is 15.3. The number of hydrogen-bond acceptors (Lipinski definition) is 1. The summed E-state index contributed by atoms with van der Waals surface area (Å²) in [6.07, 6.45) is 0. The van der Waals surface area contributed by atoms with Crippen LogP contribution in [0.1, 0.15) is 0 Å². The van der Waals surface area contributed by atoms with Crippen LogP contribution in [0, 0.1) is 0 Å². The van der Waals surface area contributed by atoms with Crippen LogP contribution in [0.3, 0.4) is 0 Å². The third-order valence-electron chi connectivity index (χ3n) is 14.1. The predicted molar refractivity (Wildman–Crippen MR) is 284 cm³/mol. The summed E-state index contributed by atoms with van der Waals surface area (Å²) in [5.41, 5.74) is 17.8. The smallest absolute Gasteiger partial charge is 0.131 e. The maximum absolute atomic E-state index is 2.50. The average Bonchev–Trinajstić information content (AvgIpc) is 4.19. The average molecular weight is 871 g/mol. The first-order valence-corrected chi connectivity index (χ1v) is 23.7. The lowest BCUT2D eigenvalue weighted by Gasteiger charge is -2.11. The highest BCUT2D eigenvalue weighted by atomic mass is 32.1. The van der Waals surface area contributed by atoms with Crippen molar-refractivity contribution in [2.75, 3.05) is 0 Å². The van der Waals surface area contributed by atoms with Crippen LogP contribution >= 0.6 is 11.3 Å². The van der Waals surface area contributed by atoms with E-state index in [-0.39, 0.29) is 0 Å². The molecule has 0 atom stereocenters. The lowest BCUT2D eigenvalue weighted by atomic mass is 9.98. The molecule has 15 rings (SSSR count). The standard InChI is InChI=1S/C62H38N4S/c1-3-15-42(16-4-1)63-52-22-10-8-20-46(52)50-38-44(30-33-55(50)63)64-53-23-11-7-19-45(53)49-35-39(28-32-54(49)64)40-27-31-48-58(37-40)66-57-25-13-12-24-56(57)65(43-17-5-2-6-18-43)62(66)61(48)41-29-34-60-51(36-41)47-21-9-14-26-59(47)67-60/h1-38H. The number of rotatable bonds is 5. The summed E-state index contributed by atoms with van der Waals surface area (Å²) in [6.45, 7) is 0. The number of para-hydroxylation sites is 6. The monoisotopic (exact) mass is 870 g/mol. The Morgan fingerprint density at radius 3 is 1.51 bits per heavy atom. The number of nitrogens with zero attached hydrogens (tertiary/aromatic N) is 4. The minimum absolute atomic E-state index is 1.14. The van der Waals surface area contributed by atoms with Gasteiger partial charge in [-0.05, 0) is 120 Å². The van der Waals surface area contributed by atoms with E-state index < -0.39 is 0 Å². The molecule has 10 aromatic carbocycles. The van der Waals surface area contributed by atoms with E-state index in [1.165, 1.54) is 114 Å². The Balaban J connectivity index is 0.949. The minimum atomic E-state index is 1.14. The lowest BCUT2D eigenvalue weighted by Crippen LogP contribution is -1.95. The van der Waals surface area contributed by atoms with Gasteiger partial charge in [0.2, 0.25) is 0 Å². The number of aromatic nitrogens is 4. The largest absolute Gasteiger partial charge is 0.309 e. The molecule has 0 radical (unpaired) electrons. The van der Waals surface area contributed by atoms with Crippen LogP contribution in [-0.4, -0.2) is 18.1 Å². The van der Waals surface area contributed by atoms with E-state index in [0.717, 1.165) is 17.1 Å². The van der Waals surface area contributed by atoms with E-state index in [2.05, 4.69) is 249 Å². The van der Waals surface area contributed by atoms with E-state index in [4.69, 9.17) is 0 Å². The zero-order chi connectivity index (χ0) is 43.7. The molecule has 0 aliphatic rings. The molecule has 0 saturated heterocycles. The molecule has 15 aromatic rings. The summed E-state index contributed by atoms with van der Waals surface area (Å²) in [5, 5.41) is 8.80. The van der Waals surface area contributed by atoms with Gasteiger partial charge in [-0.3, -0.25) is 8.97 Å². The minimum Gasteiger partial charge on any atom is -0.309 e. The highest BCUT2D eigenvalue weighted by Crippen LogP contribution is 2.45. The van der Waals surface area contributed by atoms with Crippen LogP contribution in [0.5, 0.6) is 0 Å². The fraction of sp³-hybridized carbons (Fsp3) is 0. The molecule has 0 bridgehead atoms. The molecular formula is C62H38N4S. The van der Waals surface area contributed by atoms with Gasteiger partial charge in [0.1, 0.15) is 5.65 Å². The van der Waals surface area contributed by atoms with Gasteiger partial charge in [0, 0.05) is 69.7 Å². The van der Waals surface area contributed by atoms with Gasteiger partial charge in [-0.25, -0.2) is 0 Å². The Bertz CT molecular complexity index is 4500. The quantitative estimate of drug-likeness (QED) is 0.164. The van der Waals surface area contributed by atoms with Gasteiger partial charge < -0.3 is 9.13 Å². The Kier molecular flexibility index (Phi) is 7.63. The van der Waals surface area contributed by atoms with E-state index in [1.54, 1.807) is 0 Å². The van der Waals surface area contributed by atoms with Gasteiger partial charge in [0.25, 0.3) is 0 Å². The van der Waals surface area contributed by atoms with Gasteiger partial charge >= 0.3 is 0 Å². The number of hydrogen-bond donors (Lipinski definition) is 0. The molecule has 0 aliphatic heterocycles. The topological polar surface area (TPSA) is 19.2 Å². The van der Waals surface area contributed by atoms with Crippen molar-refractivity contribution in [2.24, 2.45) is 0 Å². The fourth-order valence-electron chi connectivity index (χ4n) is 11.3. The van der Waals surface area contributed by atoms with Gasteiger partial charge in [0.15, 0.2) is 0 Å². The van der Waals surface area contributed by atoms with Crippen LogP contribution in [-0.2, 0) is 0 Å². The molecule has 0 unspecified atom stereocenters. The molecule has 5 heteroatoms. The predicted octanol–water partition coefficient (Wildman–Crippen LogP) is 16.9. The van der Waals surface area contributed by atoms with Crippen molar-refractivity contribution in [2.45, 2.75) is 0 Å². The van der Waals surface area contributed by atoms with Crippen molar-refractivity contribution < 1.29 is 0 Å². The van der Waals surface area contributed by atoms with Crippen LogP contribution in [0.4, 0.5) is 0 Å². The summed E-state index contributed by atoms with van der Waals surface area (Å²) >= 11 is 1.87. The molecule has 0 spiro atoms.